The number of anilines is 1. The summed E-state index contributed by atoms with van der Waals surface area (Å²) in [6, 6.07) is 9.76. The number of aromatic nitrogens is 2. The normalized spacial score (nSPS) is 12.0. The lowest BCUT2D eigenvalue weighted by Gasteiger charge is -2.18. The van der Waals surface area contributed by atoms with Crippen molar-refractivity contribution in [3.63, 3.8) is 0 Å². The molecule has 2 aromatic rings. The van der Waals surface area contributed by atoms with Gasteiger partial charge >= 0.3 is 0 Å². The van der Waals surface area contributed by atoms with Gasteiger partial charge in [0.05, 0.1) is 6.54 Å². The van der Waals surface area contributed by atoms with Crippen molar-refractivity contribution in [2.24, 2.45) is 0 Å². The fourth-order valence-corrected chi connectivity index (χ4v) is 2.41. The fourth-order valence-electron chi connectivity index (χ4n) is 2.41. The van der Waals surface area contributed by atoms with E-state index < -0.39 is 0 Å². The lowest BCUT2D eigenvalue weighted by molar-refractivity contribution is -0.115. The van der Waals surface area contributed by atoms with Gasteiger partial charge in [0, 0.05) is 12.2 Å². The van der Waals surface area contributed by atoms with Crippen LogP contribution in [-0.2, 0) is 4.79 Å². The Morgan fingerprint density at radius 1 is 1.19 bits per heavy atom. The zero-order valence-electron chi connectivity index (χ0n) is 12.6. The van der Waals surface area contributed by atoms with Gasteiger partial charge in [0.1, 0.15) is 0 Å². The Kier molecular flexibility index (Phi) is 5.00. The molecule has 1 amide bonds. The molecule has 0 aliphatic heterocycles. The van der Waals surface area contributed by atoms with Gasteiger partial charge in [0.15, 0.2) is 5.82 Å². The van der Waals surface area contributed by atoms with Gasteiger partial charge < -0.3 is 10.6 Å². The highest BCUT2D eigenvalue weighted by Crippen LogP contribution is 2.21. The van der Waals surface area contributed by atoms with Crippen LogP contribution in [0.2, 0.25) is 0 Å². The van der Waals surface area contributed by atoms with Crippen molar-refractivity contribution in [1.82, 2.24) is 15.5 Å². The molecule has 0 fully saturated rings. The van der Waals surface area contributed by atoms with Crippen molar-refractivity contribution < 1.29 is 4.79 Å². The Morgan fingerprint density at radius 2 is 1.90 bits per heavy atom. The summed E-state index contributed by atoms with van der Waals surface area (Å²) in [5, 5.41) is 13.5. The minimum Gasteiger partial charge on any atom is -0.308 e. The molecule has 5 heteroatoms. The minimum atomic E-state index is -0.131. The van der Waals surface area contributed by atoms with Crippen molar-refractivity contribution in [3.8, 4) is 0 Å². The van der Waals surface area contributed by atoms with E-state index in [0.29, 0.717) is 5.82 Å². The number of benzene rings is 1. The van der Waals surface area contributed by atoms with E-state index in [1.807, 2.05) is 6.07 Å². The van der Waals surface area contributed by atoms with Crippen LogP contribution in [0.15, 0.2) is 36.5 Å². The maximum Gasteiger partial charge on any atom is 0.239 e. The first-order valence-corrected chi connectivity index (χ1v) is 6.95. The summed E-state index contributed by atoms with van der Waals surface area (Å²) in [5.74, 6) is 0.331. The van der Waals surface area contributed by atoms with Crippen LogP contribution >= 0.6 is 0 Å². The molecule has 1 heterocycles. The van der Waals surface area contributed by atoms with E-state index in [2.05, 4.69) is 53.7 Å². The van der Waals surface area contributed by atoms with Gasteiger partial charge in [-0.3, -0.25) is 4.79 Å². The van der Waals surface area contributed by atoms with Crippen molar-refractivity contribution in [3.05, 3.63) is 53.2 Å². The molecule has 0 radical (unpaired) electrons. The Balaban J connectivity index is 1.92. The molecule has 21 heavy (non-hydrogen) atoms. The zero-order valence-corrected chi connectivity index (χ0v) is 12.6. The predicted octanol–water partition coefficient (Wildman–Crippen LogP) is 2.38. The Hall–Kier alpha value is -2.27. The highest BCUT2D eigenvalue weighted by Gasteiger charge is 2.12. The van der Waals surface area contributed by atoms with Gasteiger partial charge in [-0.25, -0.2) is 0 Å². The van der Waals surface area contributed by atoms with E-state index in [9.17, 15) is 4.79 Å². The Morgan fingerprint density at radius 3 is 2.52 bits per heavy atom. The van der Waals surface area contributed by atoms with E-state index >= 15 is 0 Å². The monoisotopic (exact) mass is 284 g/mol. The third kappa shape index (κ3) is 4.10. The van der Waals surface area contributed by atoms with Crippen LogP contribution in [0.4, 0.5) is 5.82 Å². The molecule has 0 saturated heterocycles. The molecule has 1 unspecified atom stereocenters. The Bertz CT molecular complexity index is 593. The summed E-state index contributed by atoms with van der Waals surface area (Å²) in [6.07, 6.45) is 1.57. The van der Waals surface area contributed by atoms with Crippen LogP contribution in [0, 0.1) is 13.8 Å². The second-order valence-electron chi connectivity index (χ2n) is 5.07. The predicted molar refractivity (Wildman–Crippen MR) is 83.0 cm³/mol. The average Bonchev–Trinajstić information content (AvgIpc) is 2.46. The molecule has 2 rings (SSSR count). The molecular weight excluding hydrogens is 264 g/mol. The molecule has 2 N–H and O–H groups in total. The maximum absolute atomic E-state index is 11.9. The molecule has 1 aromatic heterocycles. The first kappa shape index (κ1) is 15.1. The quantitative estimate of drug-likeness (QED) is 0.884. The van der Waals surface area contributed by atoms with E-state index in [0.717, 1.165) is 0 Å². The summed E-state index contributed by atoms with van der Waals surface area (Å²) in [6.45, 7) is 6.46. The molecule has 110 valence electrons. The molecule has 0 spiro atoms. The number of aryl methyl sites for hydroxylation is 2. The Labute approximate surface area is 124 Å². The maximum atomic E-state index is 11.9. The average molecular weight is 284 g/mol. The van der Waals surface area contributed by atoms with Gasteiger partial charge in [-0.1, -0.05) is 18.2 Å². The van der Waals surface area contributed by atoms with Crippen LogP contribution in [0.25, 0.3) is 0 Å². The highest BCUT2D eigenvalue weighted by atomic mass is 16.2. The molecule has 1 atom stereocenters. The molecular formula is C16H20N4O. The van der Waals surface area contributed by atoms with E-state index in [1.165, 1.54) is 16.7 Å². The van der Waals surface area contributed by atoms with Crippen molar-refractivity contribution in [1.29, 1.82) is 0 Å². The highest BCUT2D eigenvalue weighted by molar-refractivity contribution is 5.91. The third-order valence-electron chi connectivity index (χ3n) is 3.38. The number of nitrogens with one attached hydrogen (secondary N) is 2. The smallest absolute Gasteiger partial charge is 0.239 e. The van der Waals surface area contributed by atoms with Gasteiger partial charge in [-0.05, 0) is 49.6 Å². The zero-order chi connectivity index (χ0) is 15.2. The first-order chi connectivity index (χ1) is 10.1. The standard InChI is InChI=1S/C16H20N4O/c1-11-6-4-7-12(2)16(11)13(3)17-10-15(21)19-14-8-5-9-18-20-14/h4-9,13,17H,10H2,1-3H3,(H,19,20,21). The van der Waals surface area contributed by atoms with Crippen molar-refractivity contribution >= 4 is 11.7 Å². The van der Waals surface area contributed by atoms with Gasteiger partial charge in [0.2, 0.25) is 5.91 Å². The molecule has 0 saturated carbocycles. The lowest BCUT2D eigenvalue weighted by Crippen LogP contribution is -2.31. The summed E-state index contributed by atoms with van der Waals surface area (Å²) in [4.78, 5) is 11.9. The second-order valence-corrected chi connectivity index (χ2v) is 5.07. The number of carbonyl (C=O) groups excluding carboxylic acids is 1. The number of amides is 1. The van der Waals surface area contributed by atoms with Crippen LogP contribution in [-0.4, -0.2) is 22.6 Å². The topological polar surface area (TPSA) is 66.9 Å². The third-order valence-corrected chi connectivity index (χ3v) is 3.38. The number of rotatable bonds is 5. The van der Waals surface area contributed by atoms with Crippen molar-refractivity contribution in [2.75, 3.05) is 11.9 Å². The van der Waals surface area contributed by atoms with Gasteiger partial charge in [-0.15, -0.1) is 5.10 Å². The van der Waals surface area contributed by atoms with Crippen LogP contribution in [0.5, 0.6) is 0 Å². The molecule has 1 aromatic carbocycles. The van der Waals surface area contributed by atoms with E-state index in [1.54, 1.807) is 18.3 Å². The minimum absolute atomic E-state index is 0.110. The molecule has 0 aliphatic rings. The van der Waals surface area contributed by atoms with E-state index in [4.69, 9.17) is 0 Å². The second kappa shape index (κ2) is 6.95. The van der Waals surface area contributed by atoms with Gasteiger partial charge in [-0.2, -0.15) is 5.10 Å². The molecule has 5 nitrogen and oxygen atoms in total. The van der Waals surface area contributed by atoms with E-state index in [-0.39, 0.29) is 18.5 Å². The number of nitrogens with zero attached hydrogens (tertiary/aromatic N) is 2. The molecule has 0 bridgehead atoms. The largest absolute Gasteiger partial charge is 0.308 e. The lowest BCUT2D eigenvalue weighted by atomic mass is 9.97. The first-order valence-electron chi connectivity index (χ1n) is 6.95. The summed E-state index contributed by atoms with van der Waals surface area (Å²) in [5.41, 5.74) is 3.69. The SMILES string of the molecule is Cc1cccc(C)c1C(C)NCC(=O)Nc1cccnn1. The van der Waals surface area contributed by atoms with Crippen LogP contribution in [0.1, 0.15) is 29.7 Å². The fraction of sp³-hybridized carbons (Fsp3) is 0.312. The summed E-state index contributed by atoms with van der Waals surface area (Å²) >= 11 is 0. The van der Waals surface area contributed by atoms with Crippen LogP contribution < -0.4 is 10.6 Å². The summed E-state index contributed by atoms with van der Waals surface area (Å²) < 4.78 is 0. The van der Waals surface area contributed by atoms with Crippen LogP contribution in [0.3, 0.4) is 0 Å². The molecule has 0 aliphatic carbocycles. The number of hydrogen-bond acceptors (Lipinski definition) is 4. The number of hydrogen-bond donors (Lipinski definition) is 2. The number of carbonyl (C=O) groups is 1. The van der Waals surface area contributed by atoms with Crippen molar-refractivity contribution in [2.45, 2.75) is 26.8 Å². The van der Waals surface area contributed by atoms with Gasteiger partial charge in [0.25, 0.3) is 0 Å². The summed E-state index contributed by atoms with van der Waals surface area (Å²) in [7, 11) is 0.